The molecular weight excluding hydrogens is 260 g/mol. The Morgan fingerprint density at radius 2 is 1.95 bits per heavy atom. The summed E-state index contributed by atoms with van der Waals surface area (Å²) in [6.45, 7) is 0.787. The highest BCUT2D eigenvalue weighted by Gasteiger charge is 2.05. The summed E-state index contributed by atoms with van der Waals surface area (Å²) in [4.78, 5) is 11.9. The van der Waals surface area contributed by atoms with Crippen LogP contribution in [0, 0.1) is 0 Å². The fourth-order valence-corrected chi connectivity index (χ4v) is 1.72. The summed E-state index contributed by atoms with van der Waals surface area (Å²) in [5.41, 5.74) is 0.736. The van der Waals surface area contributed by atoms with Crippen LogP contribution in [0.25, 0.3) is 0 Å². The van der Waals surface area contributed by atoms with Crippen LogP contribution in [0.15, 0.2) is 24.3 Å². The van der Waals surface area contributed by atoms with E-state index in [0.717, 1.165) is 30.7 Å². The number of ketones is 1. The SMILES string of the molecule is CNC(=S)NCCCCC(=O)c1ccc(OC)cc1. The average Bonchev–Trinajstić information content (AvgIpc) is 2.46. The Bertz CT molecular complexity index is 418. The van der Waals surface area contributed by atoms with Gasteiger partial charge in [-0.1, -0.05) is 0 Å². The van der Waals surface area contributed by atoms with Gasteiger partial charge in [0.05, 0.1) is 7.11 Å². The lowest BCUT2D eigenvalue weighted by Crippen LogP contribution is -2.32. The van der Waals surface area contributed by atoms with Crippen LogP contribution in [0.2, 0.25) is 0 Å². The molecule has 0 aliphatic carbocycles. The largest absolute Gasteiger partial charge is 0.497 e. The Morgan fingerprint density at radius 3 is 2.53 bits per heavy atom. The molecule has 2 N–H and O–H groups in total. The van der Waals surface area contributed by atoms with E-state index in [1.54, 1.807) is 38.4 Å². The van der Waals surface area contributed by atoms with Crippen molar-refractivity contribution in [3.63, 3.8) is 0 Å². The number of carbonyl (C=O) groups is 1. The summed E-state index contributed by atoms with van der Waals surface area (Å²) < 4.78 is 5.06. The van der Waals surface area contributed by atoms with Crippen molar-refractivity contribution < 1.29 is 9.53 Å². The van der Waals surface area contributed by atoms with Crippen molar-refractivity contribution in [1.82, 2.24) is 10.6 Å². The fourth-order valence-electron chi connectivity index (χ4n) is 1.62. The van der Waals surface area contributed by atoms with Crippen LogP contribution < -0.4 is 15.4 Å². The van der Waals surface area contributed by atoms with Gasteiger partial charge in [0.25, 0.3) is 0 Å². The van der Waals surface area contributed by atoms with E-state index in [2.05, 4.69) is 10.6 Å². The quantitative estimate of drug-likeness (QED) is 0.455. The summed E-state index contributed by atoms with van der Waals surface area (Å²) in [7, 11) is 3.39. The Kier molecular flexibility index (Phi) is 6.89. The van der Waals surface area contributed by atoms with E-state index in [9.17, 15) is 4.79 Å². The molecule has 0 bridgehead atoms. The highest BCUT2D eigenvalue weighted by molar-refractivity contribution is 7.80. The molecule has 0 heterocycles. The third kappa shape index (κ3) is 5.70. The van der Waals surface area contributed by atoms with Crippen molar-refractivity contribution in [1.29, 1.82) is 0 Å². The number of thiocarbonyl (C=S) groups is 1. The molecule has 104 valence electrons. The van der Waals surface area contributed by atoms with Gasteiger partial charge in [0.15, 0.2) is 10.9 Å². The molecule has 0 atom stereocenters. The van der Waals surface area contributed by atoms with Gasteiger partial charge in [0.1, 0.15) is 5.75 Å². The summed E-state index contributed by atoms with van der Waals surface area (Å²) >= 11 is 4.96. The first-order valence-corrected chi connectivity index (χ1v) is 6.71. The van der Waals surface area contributed by atoms with E-state index in [0.29, 0.717) is 11.5 Å². The average molecular weight is 280 g/mol. The number of hydrogen-bond donors (Lipinski definition) is 2. The zero-order valence-electron chi connectivity index (χ0n) is 11.4. The highest BCUT2D eigenvalue weighted by Crippen LogP contribution is 2.13. The predicted octanol–water partition coefficient (Wildman–Crippen LogP) is 2.14. The molecule has 0 radical (unpaired) electrons. The lowest BCUT2D eigenvalue weighted by atomic mass is 10.1. The van der Waals surface area contributed by atoms with E-state index in [1.165, 1.54) is 0 Å². The topological polar surface area (TPSA) is 50.4 Å². The number of Topliss-reactive ketones (excluding diaryl/α,β-unsaturated/α-hetero) is 1. The molecule has 19 heavy (non-hydrogen) atoms. The maximum Gasteiger partial charge on any atom is 0.166 e. The minimum atomic E-state index is 0.166. The van der Waals surface area contributed by atoms with E-state index in [4.69, 9.17) is 17.0 Å². The Labute approximate surface area is 119 Å². The molecule has 0 spiro atoms. The first-order valence-electron chi connectivity index (χ1n) is 6.30. The molecule has 1 aromatic rings. The standard InChI is InChI=1S/C14H20N2O2S/c1-15-14(19)16-10-4-3-5-13(17)11-6-8-12(18-2)9-7-11/h6-9H,3-5,10H2,1-2H3,(H2,15,16,19). The van der Waals surface area contributed by atoms with E-state index < -0.39 is 0 Å². The van der Waals surface area contributed by atoms with Crippen molar-refractivity contribution in [3.05, 3.63) is 29.8 Å². The lowest BCUT2D eigenvalue weighted by Gasteiger charge is -2.06. The second-order valence-corrected chi connectivity index (χ2v) is 4.52. The van der Waals surface area contributed by atoms with Crippen LogP contribution in [-0.4, -0.2) is 31.6 Å². The molecule has 0 saturated carbocycles. The zero-order valence-corrected chi connectivity index (χ0v) is 12.2. The number of rotatable bonds is 7. The molecular formula is C14H20N2O2S. The second kappa shape index (κ2) is 8.48. The van der Waals surface area contributed by atoms with Gasteiger partial charge < -0.3 is 15.4 Å². The van der Waals surface area contributed by atoms with Crippen LogP contribution in [0.1, 0.15) is 29.6 Å². The highest BCUT2D eigenvalue weighted by atomic mass is 32.1. The van der Waals surface area contributed by atoms with Crippen LogP contribution >= 0.6 is 12.2 Å². The van der Waals surface area contributed by atoms with Gasteiger partial charge in [0, 0.05) is 25.6 Å². The summed E-state index contributed by atoms with van der Waals surface area (Å²) in [5, 5.41) is 6.54. The third-order valence-corrected chi connectivity index (χ3v) is 3.10. The monoisotopic (exact) mass is 280 g/mol. The number of methoxy groups -OCH3 is 1. The van der Waals surface area contributed by atoms with E-state index in [1.807, 2.05) is 0 Å². The first kappa shape index (κ1) is 15.4. The number of unbranched alkanes of at least 4 members (excludes halogenated alkanes) is 1. The minimum absolute atomic E-state index is 0.166. The van der Waals surface area contributed by atoms with Crippen molar-refractivity contribution in [2.75, 3.05) is 20.7 Å². The second-order valence-electron chi connectivity index (χ2n) is 4.11. The van der Waals surface area contributed by atoms with Gasteiger partial charge in [-0.15, -0.1) is 0 Å². The maximum absolute atomic E-state index is 11.9. The van der Waals surface area contributed by atoms with Gasteiger partial charge in [-0.3, -0.25) is 4.79 Å². The molecule has 0 aromatic heterocycles. The van der Waals surface area contributed by atoms with E-state index in [-0.39, 0.29) is 5.78 Å². The van der Waals surface area contributed by atoms with Gasteiger partial charge in [-0.05, 0) is 49.3 Å². The molecule has 5 heteroatoms. The molecule has 0 saturated heterocycles. The molecule has 0 unspecified atom stereocenters. The molecule has 1 rings (SSSR count). The molecule has 0 fully saturated rings. The normalized spacial score (nSPS) is 9.79. The van der Waals surface area contributed by atoms with Crippen molar-refractivity contribution in [2.24, 2.45) is 0 Å². The van der Waals surface area contributed by atoms with Crippen LogP contribution in [-0.2, 0) is 0 Å². The zero-order chi connectivity index (χ0) is 14.1. The van der Waals surface area contributed by atoms with Gasteiger partial charge in [0.2, 0.25) is 0 Å². The third-order valence-electron chi connectivity index (χ3n) is 2.76. The Balaban J connectivity index is 2.25. The summed E-state index contributed by atoms with van der Waals surface area (Å²) in [5.74, 6) is 0.931. The van der Waals surface area contributed by atoms with Gasteiger partial charge >= 0.3 is 0 Å². The van der Waals surface area contributed by atoms with Crippen molar-refractivity contribution in [3.8, 4) is 5.75 Å². The van der Waals surface area contributed by atoms with Gasteiger partial charge in [-0.2, -0.15) is 0 Å². The van der Waals surface area contributed by atoms with Crippen LogP contribution in [0.4, 0.5) is 0 Å². The summed E-state index contributed by atoms with van der Waals surface area (Å²) in [6.07, 6.45) is 2.33. The number of ether oxygens (including phenoxy) is 1. The molecule has 4 nitrogen and oxygen atoms in total. The Hall–Kier alpha value is -1.62. The minimum Gasteiger partial charge on any atom is -0.497 e. The van der Waals surface area contributed by atoms with Crippen LogP contribution in [0.5, 0.6) is 5.75 Å². The van der Waals surface area contributed by atoms with Gasteiger partial charge in [-0.25, -0.2) is 0 Å². The van der Waals surface area contributed by atoms with Crippen molar-refractivity contribution in [2.45, 2.75) is 19.3 Å². The lowest BCUT2D eigenvalue weighted by molar-refractivity contribution is 0.0979. The predicted molar refractivity (Wildman–Crippen MR) is 80.8 cm³/mol. The number of carbonyl (C=O) groups excluding carboxylic acids is 1. The smallest absolute Gasteiger partial charge is 0.166 e. The molecule has 0 amide bonds. The number of benzene rings is 1. The summed E-state index contributed by atoms with van der Waals surface area (Å²) in [6, 6.07) is 7.21. The molecule has 0 aliphatic heterocycles. The first-order chi connectivity index (χ1) is 9.17. The maximum atomic E-state index is 11.9. The number of nitrogens with one attached hydrogen (secondary N) is 2. The van der Waals surface area contributed by atoms with Crippen molar-refractivity contribution >= 4 is 23.1 Å². The number of hydrogen-bond acceptors (Lipinski definition) is 3. The van der Waals surface area contributed by atoms with E-state index >= 15 is 0 Å². The Morgan fingerprint density at radius 1 is 1.26 bits per heavy atom. The fraction of sp³-hybridized carbons (Fsp3) is 0.429. The molecule has 0 aliphatic rings. The van der Waals surface area contributed by atoms with Crippen LogP contribution in [0.3, 0.4) is 0 Å². The molecule has 1 aromatic carbocycles.